The largest absolute Gasteiger partial charge is 0.454 e. The first-order valence-electron chi connectivity index (χ1n) is 8.75. The van der Waals surface area contributed by atoms with Gasteiger partial charge in [0.2, 0.25) is 0 Å². The van der Waals surface area contributed by atoms with Crippen molar-refractivity contribution in [1.82, 2.24) is 0 Å². The molecule has 0 aromatic heterocycles. The number of carbonyl (C=O) groups is 1. The number of esters is 1. The van der Waals surface area contributed by atoms with Gasteiger partial charge in [-0.1, -0.05) is 6.58 Å². The van der Waals surface area contributed by atoms with Crippen LogP contribution in [-0.4, -0.2) is 59.9 Å². The summed E-state index contributed by atoms with van der Waals surface area (Å²) in [6, 6.07) is 0. The molecular formula is C17H36O6Si2. The minimum absolute atomic E-state index is 0.157. The first-order chi connectivity index (χ1) is 11.3. The summed E-state index contributed by atoms with van der Waals surface area (Å²) in [6.45, 7) is 18.3. The lowest BCUT2D eigenvalue weighted by Gasteiger charge is -2.31. The number of hydrogen-bond acceptors (Lipinski definition) is 6. The van der Waals surface area contributed by atoms with E-state index in [9.17, 15) is 9.90 Å². The summed E-state index contributed by atoms with van der Waals surface area (Å²) in [6.07, 6.45) is 0.657. The Kier molecular flexibility index (Phi) is 11.0. The Bertz CT molecular complexity index is 398. The molecular weight excluding hydrogens is 356 g/mol. The van der Waals surface area contributed by atoms with Crippen LogP contribution in [0.1, 0.15) is 19.8 Å². The van der Waals surface area contributed by atoms with Crippen LogP contribution in [0, 0.1) is 0 Å². The molecule has 1 unspecified atom stereocenters. The molecule has 148 valence electrons. The monoisotopic (exact) mass is 392 g/mol. The molecule has 0 amide bonds. The van der Waals surface area contributed by atoms with Crippen LogP contribution in [0.25, 0.3) is 0 Å². The van der Waals surface area contributed by atoms with Gasteiger partial charge < -0.3 is 23.4 Å². The Morgan fingerprint density at radius 1 is 1.08 bits per heavy atom. The van der Waals surface area contributed by atoms with E-state index < -0.39 is 28.7 Å². The lowest BCUT2D eigenvalue weighted by Crippen LogP contribution is -2.40. The van der Waals surface area contributed by atoms with Crippen molar-refractivity contribution >= 4 is 22.6 Å². The summed E-state index contributed by atoms with van der Waals surface area (Å²) in [7, 11) is -3.37. The summed E-state index contributed by atoms with van der Waals surface area (Å²) in [5.41, 5.74) is 0.299. The Morgan fingerprint density at radius 3 is 2.00 bits per heavy atom. The predicted octanol–water partition coefficient (Wildman–Crippen LogP) is 3.29. The van der Waals surface area contributed by atoms with Crippen LogP contribution in [0.3, 0.4) is 0 Å². The van der Waals surface area contributed by atoms with Gasteiger partial charge in [-0.15, -0.1) is 0 Å². The molecule has 0 saturated carbocycles. The molecule has 0 spiro atoms. The molecule has 0 aliphatic heterocycles. The van der Waals surface area contributed by atoms with E-state index >= 15 is 0 Å². The van der Waals surface area contributed by atoms with E-state index in [1.54, 1.807) is 6.92 Å². The maximum atomic E-state index is 11.4. The summed E-state index contributed by atoms with van der Waals surface area (Å²) in [5, 5.41) is 9.24. The average Bonchev–Trinajstić information content (AvgIpc) is 2.41. The van der Waals surface area contributed by atoms with Crippen molar-refractivity contribution in [2.45, 2.75) is 71.4 Å². The zero-order valence-electron chi connectivity index (χ0n) is 16.9. The zero-order chi connectivity index (χ0) is 19.7. The zero-order valence-corrected chi connectivity index (χ0v) is 18.9. The van der Waals surface area contributed by atoms with E-state index in [1.165, 1.54) is 0 Å². The number of ether oxygens (including phenoxy) is 2. The highest BCUT2D eigenvalue weighted by Crippen LogP contribution is 2.18. The van der Waals surface area contributed by atoms with Crippen LogP contribution in [-0.2, 0) is 23.1 Å². The molecule has 0 heterocycles. The third-order valence-corrected chi connectivity index (χ3v) is 4.77. The fourth-order valence-corrected chi connectivity index (χ4v) is 3.88. The lowest BCUT2D eigenvalue weighted by atomic mass is 10.3. The summed E-state index contributed by atoms with van der Waals surface area (Å²) >= 11 is 0. The normalized spacial score (nSPS) is 13.8. The Balaban J connectivity index is 4.22. The summed E-state index contributed by atoms with van der Waals surface area (Å²) in [4.78, 5) is 11.4. The molecule has 0 fully saturated rings. The number of aliphatic hydroxyl groups excluding tert-OH is 1. The van der Waals surface area contributed by atoms with Crippen molar-refractivity contribution in [3.63, 3.8) is 0 Å². The van der Waals surface area contributed by atoms with Crippen molar-refractivity contribution in [2.24, 2.45) is 0 Å². The van der Waals surface area contributed by atoms with Crippen LogP contribution in [0.15, 0.2) is 12.2 Å². The van der Waals surface area contributed by atoms with E-state index in [1.807, 2.05) is 0 Å². The molecule has 0 aliphatic carbocycles. The second kappa shape index (κ2) is 11.3. The smallest absolute Gasteiger partial charge is 0.333 e. The molecule has 0 bridgehead atoms. The van der Waals surface area contributed by atoms with Crippen molar-refractivity contribution < 1.29 is 28.2 Å². The highest BCUT2D eigenvalue weighted by molar-refractivity contribution is 6.70. The summed E-state index contributed by atoms with van der Waals surface area (Å²) in [5.74, 6) is -0.519. The highest BCUT2D eigenvalue weighted by atomic mass is 28.4. The second-order valence-corrected chi connectivity index (χ2v) is 17.0. The standard InChI is InChI=1S/C17H36O6Si2/c1-14(2)17(19)21-15(12-18)13-20-11-9-10-16(22-24(3,4)5)23-25(6,7)8/h15-16,18H,1,9-13H2,2-8H3. The van der Waals surface area contributed by atoms with Crippen LogP contribution < -0.4 is 0 Å². The number of hydrogen-bond donors (Lipinski definition) is 1. The van der Waals surface area contributed by atoms with Crippen molar-refractivity contribution in [3.8, 4) is 0 Å². The second-order valence-electron chi connectivity index (χ2n) is 8.10. The molecule has 0 aromatic carbocycles. The molecule has 6 nitrogen and oxygen atoms in total. The Labute approximate surface area is 154 Å². The van der Waals surface area contributed by atoms with Gasteiger partial charge in [0.15, 0.2) is 16.6 Å². The third kappa shape index (κ3) is 14.3. The van der Waals surface area contributed by atoms with E-state index in [4.69, 9.17) is 18.3 Å². The molecule has 8 heteroatoms. The number of rotatable bonds is 13. The van der Waals surface area contributed by atoms with Gasteiger partial charge in [-0.2, -0.15) is 0 Å². The van der Waals surface area contributed by atoms with Crippen LogP contribution in [0.4, 0.5) is 0 Å². The molecule has 0 aliphatic rings. The Morgan fingerprint density at radius 2 is 1.60 bits per heavy atom. The lowest BCUT2D eigenvalue weighted by molar-refractivity contribution is -0.149. The predicted molar refractivity (Wildman–Crippen MR) is 104 cm³/mol. The average molecular weight is 393 g/mol. The first kappa shape index (κ1) is 24.5. The molecule has 0 aromatic rings. The van der Waals surface area contributed by atoms with E-state index in [-0.39, 0.29) is 19.5 Å². The highest BCUT2D eigenvalue weighted by Gasteiger charge is 2.26. The van der Waals surface area contributed by atoms with Gasteiger partial charge in [-0.25, -0.2) is 4.79 Å². The van der Waals surface area contributed by atoms with Gasteiger partial charge in [0.05, 0.1) is 13.2 Å². The van der Waals surface area contributed by atoms with Gasteiger partial charge in [0.1, 0.15) is 12.4 Å². The van der Waals surface area contributed by atoms with E-state index in [2.05, 4.69) is 45.9 Å². The minimum Gasteiger partial charge on any atom is -0.454 e. The van der Waals surface area contributed by atoms with Gasteiger partial charge in [0.25, 0.3) is 0 Å². The molecule has 1 N–H and O–H groups in total. The van der Waals surface area contributed by atoms with Gasteiger partial charge >= 0.3 is 5.97 Å². The fourth-order valence-electron chi connectivity index (χ4n) is 1.87. The van der Waals surface area contributed by atoms with Crippen LogP contribution in [0.5, 0.6) is 0 Å². The molecule has 1 atom stereocenters. The minimum atomic E-state index is -1.68. The van der Waals surface area contributed by atoms with Crippen LogP contribution in [0.2, 0.25) is 39.3 Å². The third-order valence-electron chi connectivity index (χ3n) is 2.83. The summed E-state index contributed by atoms with van der Waals surface area (Å²) < 4.78 is 22.8. The maximum absolute atomic E-state index is 11.4. The van der Waals surface area contributed by atoms with Crippen LogP contribution >= 0.6 is 0 Å². The molecule has 0 radical (unpaired) electrons. The van der Waals surface area contributed by atoms with Gasteiger partial charge in [-0.3, -0.25) is 0 Å². The topological polar surface area (TPSA) is 74.2 Å². The van der Waals surface area contributed by atoms with Gasteiger partial charge in [-0.05, 0) is 59.0 Å². The molecule has 25 heavy (non-hydrogen) atoms. The quantitative estimate of drug-likeness (QED) is 0.170. The number of aliphatic hydroxyl groups is 1. The van der Waals surface area contributed by atoms with Crippen molar-refractivity contribution in [2.75, 3.05) is 19.8 Å². The molecule has 0 saturated heterocycles. The SMILES string of the molecule is C=C(C)C(=O)OC(CO)COCCCC(O[Si](C)(C)C)O[Si](C)(C)C. The van der Waals surface area contributed by atoms with E-state index in [0.29, 0.717) is 12.2 Å². The molecule has 0 rings (SSSR count). The van der Waals surface area contributed by atoms with Gasteiger partial charge in [0, 0.05) is 12.2 Å². The van der Waals surface area contributed by atoms with E-state index in [0.717, 1.165) is 12.8 Å². The maximum Gasteiger partial charge on any atom is 0.333 e. The fraction of sp³-hybridized carbons (Fsp3) is 0.824. The Hall–Kier alpha value is -0.516. The van der Waals surface area contributed by atoms with Crippen molar-refractivity contribution in [3.05, 3.63) is 12.2 Å². The van der Waals surface area contributed by atoms with Crippen molar-refractivity contribution in [1.29, 1.82) is 0 Å². The first-order valence-corrected chi connectivity index (χ1v) is 15.6. The number of carbonyl (C=O) groups excluding carboxylic acids is 1.